The topological polar surface area (TPSA) is 119 Å². The molecule has 0 aromatic rings. The molecule has 0 bridgehead atoms. The van der Waals surface area contributed by atoms with Crippen LogP contribution in [0.5, 0.6) is 0 Å². The number of amides is 3. The SMILES string of the molecule is CC1CCN(C(=O)[C@H](CCCCC/C=C\[C@@H]2C[C@@H]2C(N)=O)NP)[C@@H]1C(N)=O. The van der Waals surface area contributed by atoms with Crippen LogP contribution in [0.1, 0.15) is 51.9 Å². The molecule has 6 atom stereocenters. The van der Waals surface area contributed by atoms with Crippen molar-refractivity contribution in [2.45, 2.75) is 64.0 Å². The number of carbonyl (C=O) groups excluding carboxylic acids is 3. The molecule has 1 saturated carbocycles. The van der Waals surface area contributed by atoms with Crippen molar-refractivity contribution in [3.05, 3.63) is 12.2 Å². The van der Waals surface area contributed by atoms with Gasteiger partial charge in [0.2, 0.25) is 17.7 Å². The third-order valence-corrected chi connectivity index (χ3v) is 6.13. The highest BCUT2D eigenvalue weighted by Crippen LogP contribution is 2.39. The molecule has 0 radical (unpaired) electrons. The molecule has 1 aliphatic carbocycles. The van der Waals surface area contributed by atoms with Crippen LogP contribution in [0, 0.1) is 17.8 Å². The first kappa shape index (κ1) is 21.8. The summed E-state index contributed by atoms with van der Waals surface area (Å²) in [4.78, 5) is 37.1. The van der Waals surface area contributed by atoms with Crippen molar-refractivity contribution in [2.24, 2.45) is 29.2 Å². The Morgan fingerprint density at radius 2 is 1.96 bits per heavy atom. The van der Waals surface area contributed by atoms with Gasteiger partial charge in [0.1, 0.15) is 6.04 Å². The van der Waals surface area contributed by atoms with Gasteiger partial charge in [-0.05, 0) is 43.9 Å². The van der Waals surface area contributed by atoms with Gasteiger partial charge in [0.15, 0.2) is 0 Å². The van der Waals surface area contributed by atoms with Crippen molar-refractivity contribution in [2.75, 3.05) is 6.54 Å². The lowest BCUT2D eigenvalue weighted by Gasteiger charge is -2.28. The van der Waals surface area contributed by atoms with Gasteiger partial charge in [0.05, 0.1) is 6.04 Å². The highest BCUT2D eigenvalue weighted by molar-refractivity contribution is 7.13. The number of nitrogens with two attached hydrogens (primary N) is 2. The van der Waals surface area contributed by atoms with E-state index in [9.17, 15) is 14.4 Å². The first-order chi connectivity index (χ1) is 12.9. The van der Waals surface area contributed by atoms with Crippen molar-refractivity contribution >= 4 is 27.1 Å². The number of hydrogen-bond acceptors (Lipinski definition) is 4. The summed E-state index contributed by atoms with van der Waals surface area (Å²) in [7, 11) is 2.42. The molecule has 152 valence electrons. The highest BCUT2D eigenvalue weighted by atomic mass is 31.0. The molecule has 3 amide bonds. The van der Waals surface area contributed by atoms with E-state index in [1.54, 1.807) is 4.90 Å². The average molecular weight is 396 g/mol. The zero-order valence-electron chi connectivity index (χ0n) is 16.1. The second kappa shape index (κ2) is 10.2. The summed E-state index contributed by atoms with van der Waals surface area (Å²) in [5.74, 6) is -0.160. The molecule has 1 aliphatic heterocycles. The molecule has 2 aliphatic rings. The quantitative estimate of drug-likeness (QED) is 0.275. The van der Waals surface area contributed by atoms with E-state index in [2.05, 4.69) is 26.6 Å². The fourth-order valence-corrected chi connectivity index (χ4v) is 4.23. The van der Waals surface area contributed by atoms with Gasteiger partial charge < -0.3 is 16.4 Å². The van der Waals surface area contributed by atoms with Crippen molar-refractivity contribution in [3.63, 3.8) is 0 Å². The summed E-state index contributed by atoms with van der Waals surface area (Å²) in [6, 6.07) is -0.796. The first-order valence-electron chi connectivity index (χ1n) is 9.88. The summed E-state index contributed by atoms with van der Waals surface area (Å²) >= 11 is 0. The maximum absolute atomic E-state index is 12.8. The number of allylic oxidation sites excluding steroid dienone is 2. The Morgan fingerprint density at radius 3 is 2.56 bits per heavy atom. The number of primary amides is 2. The Morgan fingerprint density at radius 1 is 1.22 bits per heavy atom. The minimum Gasteiger partial charge on any atom is -0.369 e. The third-order valence-electron chi connectivity index (χ3n) is 5.73. The van der Waals surface area contributed by atoms with Crippen LogP contribution in [0.2, 0.25) is 0 Å². The van der Waals surface area contributed by atoms with Gasteiger partial charge in [-0.3, -0.25) is 19.5 Å². The van der Waals surface area contributed by atoms with Gasteiger partial charge in [0, 0.05) is 12.5 Å². The average Bonchev–Trinajstić information content (AvgIpc) is 3.30. The van der Waals surface area contributed by atoms with Crippen LogP contribution in [0.3, 0.4) is 0 Å². The van der Waals surface area contributed by atoms with E-state index in [0.29, 0.717) is 12.5 Å². The number of likely N-dealkylation sites (tertiary alicyclic amines) is 1. The van der Waals surface area contributed by atoms with E-state index in [0.717, 1.165) is 44.9 Å². The summed E-state index contributed by atoms with van der Waals surface area (Å²) in [5.41, 5.74) is 10.8. The number of rotatable bonds is 11. The Balaban J connectivity index is 1.66. The molecule has 7 nitrogen and oxygen atoms in total. The largest absolute Gasteiger partial charge is 0.369 e. The summed E-state index contributed by atoms with van der Waals surface area (Å²) in [6.07, 6.45) is 10.6. The van der Waals surface area contributed by atoms with Crippen molar-refractivity contribution in [1.82, 2.24) is 9.99 Å². The minimum absolute atomic E-state index is 0.0377. The molecular weight excluding hydrogens is 363 g/mol. The number of nitrogens with one attached hydrogen (secondary N) is 1. The third kappa shape index (κ3) is 6.01. The maximum Gasteiger partial charge on any atom is 0.240 e. The maximum atomic E-state index is 12.8. The van der Waals surface area contributed by atoms with Crippen LogP contribution in [0.4, 0.5) is 0 Å². The molecule has 2 fully saturated rings. The van der Waals surface area contributed by atoms with Gasteiger partial charge in [-0.15, -0.1) is 0 Å². The molecule has 5 N–H and O–H groups in total. The van der Waals surface area contributed by atoms with Crippen LogP contribution in [-0.2, 0) is 14.4 Å². The molecule has 0 spiro atoms. The standard InChI is InChI=1S/C19H33N4O3P/c1-12-9-10-23(16(12)18(21)25)19(26)15(22-27)8-6-4-2-3-5-7-13-11-14(13)17(20)24/h5,7,12-16,22H,2-4,6,8-11,27H2,1H3,(H2,20,24)(H2,21,25)/b7-5-/t12?,13-,14+,15+,16+/m1/s1. The number of unbranched alkanes of at least 4 members (excludes halogenated alkanes) is 3. The van der Waals surface area contributed by atoms with Crippen molar-refractivity contribution in [1.29, 1.82) is 0 Å². The number of carbonyl (C=O) groups is 3. The molecular formula is C19H33N4O3P. The Kier molecular flexibility index (Phi) is 8.24. The van der Waals surface area contributed by atoms with Crippen LogP contribution in [0.15, 0.2) is 12.2 Å². The molecule has 8 heteroatoms. The molecule has 0 aromatic heterocycles. The van der Waals surface area contributed by atoms with E-state index >= 15 is 0 Å². The molecule has 1 heterocycles. The molecule has 2 unspecified atom stereocenters. The van der Waals surface area contributed by atoms with Gasteiger partial charge >= 0.3 is 0 Å². The molecule has 1 saturated heterocycles. The zero-order valence-corrected chi connectivity index (χ0v) is 17.3. The van der Waals surface area contributed by atoms with E-state index in [4.69, 9.17) is 11.5 Å². The van der Waals surface area contributed by atoms with Gasteiger partial charge in [-0.1, -0.05) is 41.3 Å². The highest BCUT2D eigenvalue weighted by Gasteiger charge is 2.40. The number of hydrogen-bond donors (Lipinski definition) is 3. The lowest BCUT2D eigenvalue weighted by molar-refractivity contribution is -0.139. The number of nitrogens with zero attached hydrogens (tertiary/aromatic N) is 1. The van der Waals surface area contributed by atoms with E-state index in [1.807, 2.05) is 6.92 Å². The Bertz CT molecular complexity index is 583. The van der Waals surface area contributed by atoms with Crippen LogP contribution in [0.25, 0.3) is 0 Å². The predicted molar refractivity (Wildman–Crippen MR) is 108 cm³/mol. The van der Waals surface area contributed by atoms with Crippen LogP contribution < -0.4 is 16.6 Å². The van der Waals surface area contributed by atoms with E-state index in [-0.39, 0.29) is 29.7 Å². The lowest BCUT2D eigenvalue weighted by Crippen LogP contribution is -2.51. The van der Waals surface area contributed by atoms with Crippen LogP contribution >= 0.6 is 9.39 Å². The second-order valence-corrected chi connectivity index (χ2v) is 8.17. The summed E-state index contributed by atoms with van der Waals surface area (Å²) in [5, 5.41) is 3.01. The van der Waals surface area contributed by atoms with Gasteiger partial charge in [-0.25, -0.2) is 0 Å². The smallest absolute Gasteiger partial charge is 0.240 e. The lowest BCUT2D eigenvalue weighted by atomic mass is 10.0. The van der Waals surface area contributed by atoms with Gasteiger partial charge in [-0.2, -0.15) is 0 Å². The monoisotopic (exact) mass is 396 g/mol. The minimum atomic E-state index is -0.491. The Hall–Kier alpha value is -1.46. The van der Waals surface area contributed by atoms with E-state index in [1.165, 1.54) is 0 Å². The Labute approximate surface area is 163 Å². The van der Waals surface area contributed by atoms with E-state index < -0.39 is 11.9 Å². The summed E-state index contributed by atoms with van der Waals surface area (Å²) < 4.78 is 0. The van der Waals surface area contributed by atoms with Gasteiger partial charge in [0.25, 0.3) is 0 Å². The van der Waals surface area contributed by atoms with Crippen LogP contribution in [-0.4, -0.2) is 41.2 Å². The fourth-order valence-electron chi connectivity index (χ4n) is 3.92. The second-order valence-electron chi connectivity index (χ2n) is 7.84. The molecule has 27 heavy (non-hydrogen) atoms. The molecule has 2 rings (SSSR count). The zero-order chi connectivity index (χ0) is 20.0. The van der Waals surface area contributed by atoms with Crippen molar-refractivity contribution in [3.8, 4) is 0 Å². The molecule has 0 aromatic carbocycles. The predicted octanol–water partition coefficient (Wildman–Crippen LogP) is 1.09. The first-order valence-corrected chi connectivity index (χ1v) is 10.5. The normalized spacial score (nSPS) is 28.4. The fraction of sp³-hybridized carbons (Fsp3) is 0.737. The summed E-state index contributed by atoms with van der Waals surface area (Å²) in [6.45, 7) is 2.56. The van der Waals surface area contributed by atoms with Crippen molar-refractivity contribution < 1.29 is 14.4 Å².